The van der Waals surface area contributed by atoms with Gasteiger partial charge >= 0.3 is 0 Å². The first kappa shape index (κ1) is 23.4. The molecule has 1 amide bonds. The lowest BCUT2D eigenvalue weighted by molar-refractivity contribution is -0.119. The molecule has 0 radical (unpaired) electrons. The van der Waals surface area contributed by atoms with Crippen LogP contribution in [0.1, 0.15) is 42.1 Å². The van der Waals surface area contributed by atoms with E-state index in [2.05, 4.69) is 5.32 Å². The standard InChI is InChI=1S/C24H28ClFN2O3/c1-17(29)27-21(23(30)19-5-3-2-4-6-19)15-22(26)28-13-11-24(31,12-14-28)16-18-7-9-20(25)10-8-18/h2-10,21-22,31H,11-16H2,1H3,(H,27,29). The van der Waals surface area contributed by atoms with Crippen LogP contribution in [-0.2, 0) is 11.2 Å². The minimum Gasteiger partial charge on any atom is -0.389 e. The van der Waals surface area contributed by atoms with Gasteiger partial charge in [-0.2, -0.15) is 0 Å². The van der Waals surface area contributed by atoms with Crippen molar-refractivity contribution < 1.29 is 19.1 Å². The van der Waals surface area contributed by atoms with Crippen molar-refractivity contribution in [1.82, 2.24) is 10.2 Å². The Balaban J connectivity index is 1.59. The minimum absolute atomic E-state index is 0.136. The number of nitrogens with zero attached hydrogens (tertiary/aromatic N) is 1. The Bertz CT molecular complexity index is 883. The number of amides is 1. The Labute approximate surface area is 187 Å². The number of halogens is 2. The Morgan fingerprint density at radius 1 is 1.13 bits per heavy atom. The largest absolute Gasteiger partial charge is 0.389 e. The Morgan fingerprint density at radius 2 is 1.74 bits per heavy atom. The molecule has 1 aliphatic heterocycles. The Kier molecular flexibility index (Phi) is 7.81. The Morgan fingerprint density at radius 3 is 2.32 bits per heavy atom. The van der Waals surface area contributed by atoms with Crippen molar-refractivity contribution in [3.63, 3.8) is 0 Å². The maximum Gasteiger partial charge on any atom is 0.217 e. The molecule has 2 N–H and O–H groups in total. The van der Waals surface area contributed by atoms with Crippen LogP contribution in [-0.4, -0.2) is 52.7 Å². The second-order valence-corrected chi connectivity index (χ2v) is 8.65. The Hall–Kier alpha value is -2.28. The highest BCUT2D eigenvalue weighted by atomic mass is 35.5. The number of aliphatic hydroxyl groups is 1. The van der Waals surface area contributed by atoms with Gasteiger partial charge in [0.25, 0.3) is 0 Å². The number of hydrogen-bond donors (Lipinski definition) is 2. The van der Waals surface area contributed by atoms with Crippen molar-refractivity contribution in [2.75, 3.05) is 13.1 Å². The third-order valence-corrected chi connectivity index (χ3v) is 6.01. The summed E-state index contributed by atoms with van der Waals surface area (Å²) < 4.78 is 15.1. The van der Waals surface area contributed by atoms with E-state index in [9.17, 15) is 14.7 Å². The number of nitrogens with one attached hydrogen (secondary N) is 1. The van der Waals surface area contributed by atoms with Gasteiger partial charge in [0.1, 0.15) is 0 Å². The van der Waals surface area contributed by atoms with E-state index in [1.54, 1.807) is 47.4 Å². The van der Waals surface area contributed by atoms with Crippen LogP contribution in [0.3, 0.4) is 0 Å². The zero-order valence-electron chi connectivity index (χ0n) is 17.6. The van der Waals surface area contributed by atoms with Crippen molar-refractivity contribution in [2.45, 2.75) is 50.5 Å². The zero-order valence-corrected chi connectivity index (χ0v) is 18.3. The summed E-state index contributed by atoms with van der Waals surface area (Å²) in [6, 6.07) is 15.0. The highest BCUT2D eigenvalue weighted by Gasteiger charge is 2.36. The van der Waals surface area contributed by atoms with Gasteiger partial charge in [0.15, 0.2) is 12.1 Å². The number of rotatable bonds is 8. The second-order valence-electron chi connectivity index (χ2n) is 8.22. The molecule has 2 aromatic rings. The van der Waals surface area contributed by atoms with Crippen molar-refractivity contribution in [2.24, 2.45) is 0 Å². The van der Waals surface area contributed by atoms with Crippen LogP contribution >= 0.6 is 11.6 Å². The molecule has 166 valence electrons. The maximum atomic E-state index is 15.1. The highest BCUT2D eigenvalue weighted by molar-refractivity contribution is 6.30. The lowest BCUT2D eigenvalue weighted by Crippen LogP contribution is -2.50. The van der Waals surface area contributed by atoms with Crippen molar-refractivity contribution >= 4 is 23.3 Å². The number of benzene rings is 2. The number of piperidine rings is 1. The van der Waals surface area contributed by atoms with Gasteiger partial charge < -0.3 is 10.4 Å². The molecule has 2 aromatic carbocycles. The first-order chi connectivity index (χ1) is 14.8. The molecule has 3 rings (SSSR count). The lowest BCUT2D eigenvalue weighted by Gasteiger charge is -2.40. The number of carbonyl (C=O) groups is 2. The molecule has 1 aliphatic rings. The smallest absolute Gasteiger partial charge is 0.217 e. The van der Waals surface area contributed by atoms with Crippen LogP contribution in [0.4, 0.5) is 4.39 Å². The van der Waals surface area contributed by atoms with Gasteiger partial charge in [-0.1, -0.05) is 54.1 Å². The van der Waals surface area contributed by atoms with E-state index in [0.29, 0.717) is 42.9 Å². The summed E-state index contributed by atoms with van der Waals surface area (Å²) in [6.45, 7) is 2.06. The zero-order chi connectivity index (χ0) is 22.4. The maximum absolute atomic E-state index is 15.1. The van der Waals surface area contributed by atoms with Crippen molar-refractivity contribution in [1.29, 1.82) is 0 Å². The second kappa shape index (κ2) is 10.4. The van der Waals surface area contributed by atoms with Crippen LogP contribution in [0.15, 0.2) is 54.6 Å². The van der Waals surface area contributed by atoms with Crippen LogP contribution < -0.4 is 5.32 Å². The van der Waals surface area contributed by atoms with E-state index in [1.807, 2.05) is 12.1 Å². The summed E-state index contributed by atoms with van der Waals surface area (Å²) in [5.74, 6) is -0.688. The number of alkyl halides is 1. The van der Waals surface area contributed by atoms with Gasteiger partial charge in [-0.3, -0.25) is 14.5 Å². The number of likely N-dealkylation sites (tertiary alicyclic amines) is 1. The number of hydrogen-bond acceptors (Lipinski definition) is 4. The molecule has 1 heterocycles. The van der Waals surface area contributed by atoms with Crippen LogP contribution in [0.25, 0.3) is 0 Å². The summed E-state index contributed by atoms with van der Waals surface area (Å²) in [5.41, 5.74) is 0.516. The fraction of sp³-hybridized carbons (Fsp3) is 0.417. The van der Waals surface area contributed by atoms with E-state index in [-0.39, 0.29) is 18.1 Å². The fourth-order valence-corrected chi connectivity index (χ4v) is 4.13. The van der Waals surface area contributed by atoms with E-state index in [0.717, 1.165) is 5.56 Å². The topological polar surface area (TPSA) is 69.6 Å². The molecule has 2 unspecified atom stereocenters. The van der Waals surface area contributed by atoms with E-state index in [4.69, 9.17) is 11.6 Å². The first-order valence-electron chi connectivity index (χ1n) is 10.5. The predicted octanol–water partition coefficient (Wildman–Crippen LogP) is 3.78. The lowest BCUT2D eigenvalue weighted by atomic mass is 9.85. The average molecular weight is 447 g/mol. The van der Waals surface area contributed by atoms with Crippen molar-refractivity contribution in [3.05, 3.63) is 70.7 Å². The molecule has 0 aliphatic carbocycles. The van der Waals surface area contributed by atoms with E-state index >= 15 is 4.39 Å². The van der Waals surface area contributed by atoms with Gasteiger partial charge in [-0.05, 0) is 30.5 Å². The highest BCUT2D eigenvalue weighted by Crippen LogP contribution is 2.29. The molecule has 7 heteroatoms. The summed E-state index contributed by atoms with van der Waals surface area (Å²) in [6.07, 6.45) is -0.204. The minimum atomic E-state index is -1.40. The molecule has 2 atom stereocenters. The van der Waals surface area contributed by atoms with Gasteiger partial charge in [0, 0.05) is 43.4 Å². The first-order valence-corrected chi connectivity index (χ1v) is 10.8. The molecule has 5 nitrogen and oxygen atoms in total. The molecule has 31 heavy (non-hydrogen) atoms. The van der Waals surface area contributed by atoms with E-state index in [1.165, 1.54) is 6.92 Å². The molecule has 1 fully saturated rings. The summed E-state index contributed by atoms with van der Waals surface area (Å²) in [4.78, 5) is 26.0. The van der Waals surface area contributed by atoms with Crippen LogP contribution in [0.2, 0.25) is 5.02 Å². The molecule has 0 saturated carbocycles. The summed E-state index contributed by atoms with van der Waals surface area (Å²) in [7, 11) is 0. The number of carbonyl (C=O) groups excluding carboxylic acids is 2. The van der Waals surface area contributed by atoms with Gasteiger partial charge in [-0.25, -0.2) is 4.39 Å². The molecule has 0 bridgehead atoms. The quantitative estimate of drug-likeness (QED) is 0.478. The number of Topliss-reactive ketones (excluding diaryl/α,β-unsaturated/α-hetero) is 1. The van der Waals surface area contributed by atoms with E-state index < -0.39 is 17.9 Å². The van der Waals surface area contributed by atoms with Gasteiger partial charge in [0.05, 0.1) is 11.6 Å². The van der Waals surface area contributed by atoms with Crippen LogP contribution in [0.5, 0.6) is 0 Å². The third-order valence-electron chi connectivity index (χ3n) is 5.75. The molecule has 1 saturated heterocycles. The van der Waals surface area contributed by atoms with Gasteiger partial charge in [0.2, 0.25) is 5.91 Å². The normalized spacial score (nSPS) is 18.2. The molecular weight excluding hydrogens is 419 g/mol. The number of ketones is 1. The molecular formula is C24H28ClFN2O3. The summed E-state index contributed by atoms with van der Waals surface area (Å²) in [5, 5.41) is 14.2. The van der Waals surface area contributed by atoms with Crippen LogP contribution in [0, 0.1) is 0 Å². The summed E-state index contributed by atoms with van der Waals surface area (Å²) >= 11 is 5.92. The third kappa shape index (κ3) is 6.60. The predicted molar refractivity (Wildman–Crippen MR) is 119 cm³/mol. The molecule has 0 aromatic heterocycles. The average Bonchev–Trinajstić information content (AvgIpc) is 2.75. The SMILES string of the molecule is CC(=O)NC(CC(F)N1CCC(O)(Cc2ccc(Cl)cc2)CC1)C(=O)c1ccccc1. The molecule has 0 spiro atoms. The van der Waals surface area contributed by atoms with Gasteiger partial charge in [-0.15, -0.1) is 0 Å². The van der Waals surface area contributed by atoms with Crippen molar-refractivity contribution in [3.8, 4) is 0 Å². The monoisotopic (exact) mass is 446 g/mol. The fourth-order valence-electron chi connectivity index (χ4n) is 4.00.